The van der Waals surface area contributed by atoms with E-state index in [0.29, 0.717) is 47.2 Å². The number of urea groups is 1. The minimum absolute atomic E-state index is 0.0353. The molecule has 4 rings (SSSR count). The number of nitrogens with one attached hydrogen (secondary N) is 1. The van der Waals surface area contributed by atoms with Gasteiger partial charge in [0.25, 0.3) is 0 Å². The molecule has 2 aromatic carbocycles. The molecule has 3 aromatic rings. The van der Waals surface area contributed by atoms with Crippen molar-refractivity contribution in [1.29, 1.82) is 0 Å². The van der Waals surface area contributed by atoms with Crippen molar-refractivity contribution in [1.82, 2.24) is 10.3 Å². The Morgan fingerprint density at radius 1 is 1.24 bits per heavy atom. The van der Waals surface area contributed by atoms with E-state index in [4.69, 9.17) is 24.4 Å². The van der Waals surface area contributed by atoms with Crippen LogP contribution in [0.3, 0.4) is 0 Å². The number of nitrogens with two attached hydrogens (primary N) is 1. The molecule has 0 saturated carbocycles. The van der Waals surface area contributed by atoms with Gasteiger partial charge >= 0.3 is 12.1 Å². The van der Waals surface area contributed by atoms with Crippen LogP contribution >= 0.6 is 0 Å². The summed E-state index contributed by atoms with van der Waals surface area (Å²) in [5.74, 6) is 1.02. The van der Waals surface area contributed by atoms with Crippen LogP contribution in [0.25, 0.3) is 11.3 Å². The summed E-state index contributed by atoms with van der Waals surface area (Å²) in [5, 5.41) is 2.76. The molecular formula is C23H24N4O6. The van der Waals surface area contributed by atoms with Gasteiger partial charge in [0.15, 0.2) is 12.2 Å². The van der Waals surface area contributed by atoms with Crippen molar-refractivity contribution < 1.29 is 28.2 Å². The van der Waals surface area contributed by atoms with Crippen LogP contribution in [0.15, 0.2) is 59.5 Å². The summed E-state index contributed by atoms with van der Waals surface area (Å²) in [6.07, 6.45) is 3.14. The lowest BCUT2D eigenvalue weighted by atomic mass is 10.1. The minimum atomic E-state index is -0.679. The molecule has 1 aromatic heterocycles. The molecule has 0 bridgehead atoms. The van der Waals surface area contributed by atoms with E-state index in [9.17, 15) is 9.59 Å². The van der Waals surface area contributed by atoms with E-state index in [2.05, 4.69) is 10.3 Å². The molecule has 1 aliphatic heterocycles. The zero-order valence-electron chi connectivity index (χ0n) is 18.0. The highest BCUT2D eigenvalue weighted by molar-refractivity contribution is 5.99. The van der Waals surface area contributed by atoms with Crippen molar-refractivity contribution in [2.24, 2.45) is 5.73 Å². The predicted molar refractivity (Wildman–Crippen MR) is 119 cm³/mol. The van der Waals surface area contributed by atoms with Crippen molar-refractivity contribution in [2.45, 2.75) is 19.1 Å². The van der Waals surface area contributed by atoms with Crippen LogP contribution in [0.4, 0.5) is 21.0 Å². The van der Waals surface area contributed by atoms with Gasteiger partial charge in [-0.15, -0.1) is 0 Å². The highest BCUT2D eigenvalue weighted by Crippen LogP contribution is 2.36. The van der Waals surface area contributed by atoms with Gasteiger partial charge < -0.3 is 29.7 Å². The number of alkyl carbamates (subject to hydrolysis) is 1. The summed E-state index contributed by atoms with van der Waals surface area (Å²) in [6, 6.07) is 11.5. The third kappa shape index (κ3) is 5.24. The number of benzene rings is 2. The number of rotatable bonds is 7. The maximum absolute atomic E-state index is 12.4. The third-order valence-corrected chi connectivity index (χ3v) is 5.15. The van der Waals surface area contributed by atoms with Crippen molar-refractivity contribution in [3.8, 4) is 17.1 Å². The predicted octanol–water partition coefficient (Wildman–Crippen LogP) is 3.58. The average molecular weight is 452 g/mol. The first-order valence-corrected chi connectivity index (χ1v) is 10.3. The number of oxazole rings is 1. The normalized spacial score (nSPS) is 15.1. The SMILES string of the molecule is COc1cc(N(C(N)=O)c2cccc(COC(=O)N[C@H]3CCOC3)c2)ccc1-c1cnco1. The number of amides is 3. The standard InChI is InChI=1S/C23H24N4O6/c1-30-20-10-18(5-6-19(20)21-11-25-14-33-21)27(22(24)28)17-4-2-3-15(9-17)12-32-23(29)26-16-7-8-31-13-16/h2-6,9-11,14,16H,7-8,12-13H2,1H3,(H2,24,28)(H,26,29)/t16-/m0/s1. The van der Waals surface area contributed by atoms with E-state index >= 15 is 0 Å². The maximum atomic E-state index is 12.4. The topological polar surface area (TPSA) is 129 Å². The van der Waals surface area contributed by atoms with Crippen LogP contribution in [0, 0.1) is 0 Å². The van der Waals surface area contributed by atoms with E-state index in [0.717, 1.165) is 6.42 Å². The zero-order valence-corrected chi connectivity index (χ0v) is 18.0. The molecule has 33 heavy (non-hydrogen) atoms. The average Bonchev–Trinajstić information content (AvgIpc) is 3.52. The molecule has 1 saturated heterocycles. The number of carbonyl (C=O) groups excluding carboxylic acids is 2. The molecule has 2 heterocycles. The third-order valence-electron chi connectivity index (χ3n) is 5.15. The molecule has 3 amide bonds. The molecule has 0 radical (unpaired) electrons. The second-order valence-electron chi connectivity index (χ2n) is 7.37. The lowest BCUT2D eigenvalue weighted by Gasteiger charge is -2.22. The number of aromatic nitrogens is 1. The largest absolute Gasteiger partial charge is 0.496 e. The van der Waals surface area contributed by atoms with E-state index in [1.165, 1.54) is 18.4 Å². The fourth-order valence-corrected chi connectivity index (χ4v) is 3.57. The smallest absolute Gasteiger partial charge is 0.407 e. The van der Waals surface area contributed by atoms with Crippen molar-refractivity contribution in [2.75, 3.05) is 25.2 Å². The molecule has 10 nitrogen and oxygen atoms in total. The lowest BCUT2D eigenvalue weighted by Crippen LogP contribution is -2.35. The molecule has 1 fully saturated rings. The minimum Gasteiger partial charge on any atom is -0.496 e. The maximum Gasteiger partial charge on any atom is 0.407 e. The summed E-state index contributed by atoms with van der Waals surface area (Å²) < 4.78 is 21.4. The van der Waals surface area contributed by atoms with Gasteiger partial charge in [0, 0.05) is 12.7 Å². The van der Waals surface area contributed by atoms with Crippen LogP contribution in [0.1, 0.15) is 12.0 Å². The van der Waals surface area contributed by atoms with Crippen LogP contribution in [-0.4, -0.2) is 43.5 Å². The number of methoxy groups -OCH3 is 1. The van der Waals surface area contributed by atoms with Crippen LogP contribution in [0.2, 0.25) is 0 Å². The fraction of sp³-hybridized carbons (Fsp3) is 0.261. The molecule has 0 spiro atoms. The Balaban J connectivity index is 1.52. The number of anilines is 2. The Morgan fingerprint density at radius 3 is 2.79 bits per heavy atom. The van der Waals surface area contributed by atoms with E-state index in [1.807, 2.05) is 0 Å². The van der Waals surface area contributed by atoms with Crippen LogP contribution in [-0.2, 0) is 16.1 Å². The van der Waals surface area contributed by atoms with Gasteiger partial charge in [-0.25, -0.2) is 14.6 Å². The van der Waals surface area contributed by atoms with Crippen LogP contribution in [0.5, 0.6) is 5.75 Å². The monoisotopic (exact) mass is 452 g/mol. The molecule has 0 aliphatic carbocycles. The zero-order chi connectivity index (χ0) is 23.2. The Kier molecular flexibility index (Phi) is 6.75. The molecule has 1 aliphatic rings. The highest BCUT2D eigenvalue weighted by atomic mass is 16.5. The highest BCUT2D eigenvalue weighted by Gasteiger charge is 2.20. The van der Waals surface area contributed by atoms with Gasteiger partial charge in [0.2, 0.25) is 0 Å². The van der Waals surface area contributed by atoms with Crippen LogP contribution < -0.4 is 20.7 Å². The Labute approximate surface area is 190 Å². The number of primary amides is 1. The lowest BCUT2D eigenvalue weighted by molar-refractivity contribution is 0.132. The van der Waals surface area contributed by atoms with E-state index in [1.54, 1.807) is 48.7 Å². The van der Waals surface area contributed by atoms with Crippen molar-refractivity contribution in [3.63, 3.8) is 0 Å². The summed E-state index contributed by atoms with van der Waals surface area (Å²) >= 11 is 0. The summed E-state index contributed by atoms with van der Waals surface area (Å²) in [5.41, 5.74) is 8.10. The second-order valence-corrected chi connectivity index (χ2v) is 7.37. The first kappa shape index (κ1) is 22.2. The molecule has 3 N–H and O–H groups in total. The molecular weight excluding hydrogens is 428 g/mol. The quantitative estimate of drug-likeness (QED) is 0.560. The molecule has 10 heteroatoms. The fourth-order valence-electron chi connectivity index (χ4n) is 3.57. The Morgan fingerprint density at radius 2 is 2.09 bits per heavy atom. The summed E-state index contributed by atoms with van der Waals surface area (Å²) in [6.45, 7) is 1.14. The second kappa shape index (κ2) is 10.0. The van der Waals surface area contributed by atoms with Crippen molar-refractivity contribution in [3.05, 3.63) is 60.6 Å². The molecule has 1 atom stereocenters. The van der Waals surface area contributed by atoms with Crippen molar-refractivity contribution >= 4 is 23.5 Å². The number of hydrogen-bond acceptors (Lipinski definition) is 7. The first-order valence-electron chi connectivity index (χ1n) is 10.3. The molecule has 172 valence electrons. The number of nitrogens with zero attached hydrogens (tertiary/aromatic N) is 2. The van der Waals surface area contributed by atoms with Gasteiger partial charge in [0.1, 0.15) is 12.4 Å². The van der Waals surface area contributed by atoms with E-state index < -0.39 is 12.1 Å². The molecule has 0 unspecified atom stereocenters. The van der Waals surface area contributed by atoms with Gasteiger partial charge in [-0.3, -0.25) is 4.90 Å². The number of ether oxygens (including phenoxy) is 3. The summed E-state index contributed by atoms with van der Waals surface area (Å²) in [7, 11) is 1.52. The van der Waals surface area contributed by atoms with Gasteiger partial charge in [0.05, 0.1) is 42.9 Å². The summed E-state index contributed by atoms with van der Waals surface area (Å²) in [4.78, 5) is 29.6. The van der Waals surface area contributed by atoms with E-state index in [-0.39, 0.29) is 12.6 Å². The Bertz CT molecular complexity index is 1110. The van der Waals surface area contributed by atoms with Gasteiger partial charge in [-0.2, -0.15) is 0 Å². The van der Waals surface area contributed by atoms with Gasteiger partial charge in [-0.1, -0.05) is 12.1 Å². The van der Waals surface area contributed by atoms with Gasteiger partial charge in [-0.05, 0) is 36.2 Å². The number of hydrogen-bond donors (Lipinski definition) is 2. The number of carbonyl (C=O) groups is 2. The first-order chi connectivity index (χ1) is 16.0. The Hall–Kier alpha value is -4.05.